The maximum absolute atomic E-state index is 12.4. The SMILES string of the molecule is CC(Cc1cccs1)NS(=O)(=O)c1cc(C#N)ccc1Cl. The van der Waals surface area contributed by atoms with E-state index in [4.69, 9.17) is 16.9 Å². The molecule has 0 spiro atoms. The van der Waals surface area contributed by atoms with E-state index in [2.05, 4.69) is 4.72 Å². The van der Waals surface area contributed by atoms with Crippen molar-refractivity contribution < 1.29 is 8.42 Å². The van der Waals surface area contributed by atoms with Crippen molar-refractivity contribution in [3.05, 3.63) is 51.2 Å². The molecule has 110 valence electrons. The van der Waals surface area contributed by atoms with E-state index < -0.39 is 10.0 Å². The van der Waals surface area contributed by atoms with Gasteiger partial charge >= 0.3 is 0 Å². The predicted octanol–water partition coefficient (Wildman–Crippen LogP) is 3.18. The van der Waals surface area contributed by atoms with E-state index in [9.17, 15) is 8.42 Å². The number of hydrogen-bond donors (Lipinski definition) is 1. The minimum absolute atomic E-state index is 0.0683. The van der Waals surface area contributed by atoms with E-state index in [1.165, 1.54) is 18.2 Å². The van der Waals surface area contributed by atoms with Crippen molar-refractivity contribution in [3.63, 3.8) is 0 Å². The van der Waals surface area contributed by atoms with Gasteiger partial charge in [-0.05, 0) is 43.0 Å². The van der Waals surface area contributed by atoms with Gasteiger partial charge < -0.3 is 0 Å². The topological polar surface area (TPSA) is 70.0 Å². The second-order valence-electron chi connectivity index (χ2n) is 4.56. The Morgan fingerprint density at radius 2 is 2.19 bits per heavy atom. The third-order valence-corrected chi connectivity index (χ3v) is 5.76. The summed E-state index contributed by atoms with van der Waals surface area (Å²) >= 11 is 7.52. The molecule has 0 radical (unpaired) electrons. The summed E-state index contributed by atoms with van der Waals surface area (Å²) in [6.07, 6.45) is 0.604. The van der Waals surface area contributed by atoms with E-state index in [0.29, 0.717) is 6.42 Å². The number of nitrogens with one attached hydrogen (secondary N) is 1. The van der Waals surface area contributed by atoms with Gasteiger partial charge in [-0.15, -0.1) is 11.3 Å². The molecule has 1 heterocycles. The number of nitrogens with zero attached hydrogens (tertiary/aromatic N) is 1. The first-order valence-corrected chi connectivity index (χ1v) is 8.91. The summed E-state index contributed by atoms with van der Waals surface area (Å²) in [5, 5.41) is 10.9. The van der Waals surface area contributed by atoms with Gasteiger partial charge in [0.15, 0.2) is 0 Å². The van der Waals surface area contributed by atoms with Gasteiger partial charge in [0.05, 0.1) is 16.7 Å². The zero-order chi connectivity index (χ0) is 15.5. The summed E-state index contributed by atoms with van der Waals surface area (Å²) in [5.74, 6) is 0. The van der Waals surface area contributed by atoms with Gasteiger partial charge in [0.2, 0.25) is 10.0 Å². The monoisotopic (exact) mass is 340 g/mol. The van der Waals surface area contributed by atoms with Crippen molar-refractivity contribution in [1.82, 2.24) is 4.72 Å². The predicted molar refractivity (Wildman–Crippen MR) is 84.0 cm³/mol. The second kappa shape index (κ2) is 6.58. The number of thiophene rings is 1. The quantitative estimate of drug-likeness (QED) is 0.908. The molecule has 1 unspecified atom stereocenters. The third kappa shape index (κ3) is 4.05. The Balaban J connectivity index is 2.20. The minimum atomic E-state index is -3.75. The fourth-order valence-electron chi connectivity index (χ4n) is 1.88. The number of nitriles is 1. The lowest BCUT2D eigenvalue weighted by Crippen LogP contribution is -2.34. The lowest BCUT2D eigenvalue weighted by Gasteiger charge is -2.14. The molecule has 0 aliphatic rings. The van der Waals surface area contributed by atoms with Crippen LogP contribution in [0.25, 0.3) is 0 Å². The van der Waals surface area contributed by atoms with Crippen LogP contribution in [-0.2, 0) is 16.4 Å². The van der Waals surface area contributed by atoms with Gasteiger partial charge in [0.1, 0.15) is 4.90 Å². The molecule has 21 heavy (non-hydrogen) atoms. The van der Waals surface area contributed by atoms with Gasteiger partial charge in [-0.25, -0.2) is 13.1 Å². The maximum atomic E-state index is 12.4. The van der Waals surface area contributed by atoms with Crippen LogP contribution in [0.4, 0.5) is 0 Å². The van der Waals surface area contributed by atoms with Crippen molar-refractivity contribution in [1.29, 1.82) is 5.26 Å². The van der Waals surface area contributed by atoms with Gasteiger partial charge in [0.25, 0.3) is 0 Å². The van der Waals surface area contributed by atoms with E-state index in [0.717, 1.165) is 4.88 Å². The normalized spacial score (nSPS) is 12.8. The smallest absolute Gasteiger partial charge is 0.208 e. The molecule has 0 saturated heterocycles. The molecule has 2 rings (SSSR count). The number of halogens is 1. The molecule has 0 saturated carbocycles. The molecule has 0 aliphatic carbocycles. The average molecular weight is 341 g/mol. The molecule has 1 atom stereocenters. The molecule has 2 aromatic rings. The van der Waals surface area contributed by atoms with Gasteiger partial charge in [-0.1, -0.05) is 17.7 Å². The Morgan fingerprint density at radius 3 is 2.81 bits per heavy atom. The number of benzene rings is 1. The Hall–Kier alpha value is -1.39. The van der Waals surface area contributed by atoms with Crippen LogP contribution in [0.5, 0.6) is 0 Å². The van der Waals surface area contributed by atoms with Gasteiger partial charge in [-0.2, -0.15) is 5.26 Å². The van der Waals surface area contributed by atoms with Crippen molar-refractivity contribution in [3.8, 4) is 6.07 Å². The van der Waals surface area contributed by atoms with Crippen LogP contribution in [0.3, 0.4) is 0 Å². The molecule has 0 aliphatic heterocycles. The summed E-state index contributed by atoms with van der Waals surface area (Å²) in [7, 11) is -3.75. The van der Waals surface area contributed by atoms with Gasteiger partial charge in [-0.3, -0.25) is 0 Å². The third-order valence-electron chi connectivity index (χ3n) is 2.79. The summed E-state index contributed by atoms with van der Waals surface area (Å²) in [4.78, 5) is 1.03. The van der Waals surface area contributed by atoms with Crippen LogP contribution in [0.2, 0.25) is 5.02 Å². The molecule has 4 nitrogen and oxygen atoms in total. The first kappa shape index (κ1) is 16.0. The van der Waals surface area contributed by atoms with E-state index in [-0.39, 0.29) is 21.5 Å². The highest BCUT2D eigenvalue weighted by Gasteiger charge is 2.21. The van der Waals surface area contributed by atoms with Crippen LogP contribution in [0, 0.1) is 11.3 Å². The largest absolute Gasteiger partial charge is 0.242 e. The number of rotatable bonds is 5. The summed E-state index contributed by atoms with van der Waals surface area (Å²) < 4.78 is 27.3. The first-order chi connectivity index (χ1) is 9.92. The lowest BCUT2D eigenvalue weighted by atomic mass is 10.2. The van der Waals surface area contributed by atoms with Crippen molar-refractivity contribution in [2.45, 2.75) is 24.3 Å². The van der Waals surface area contributed by atoms with Crippen LogP contribution in [0.1, 0.15) is 17.4 Å². The molecule has 0 bridgehead atoms. The molecule has 0 fully saturated rings. The Bertz CT molecular complexity index is 765. The molecule has 7 heteroatoms. The van der Waals surface area contributed by atoms with Crippen molar-refractivity contribution in [2.24, 2.45) is 0 Å². The highest BCUT2D eigenvalue weighted by molar-refractivity contribution is 7.89. The van der Waals surface area contributed by atoms with Crippen LogP contribution < -0.4 is 4.72 Å². The van der Waals surface area contributed by atoms with Crippen LogP contribution in [-0.4, -0.2) is 14.5 Å². The Morgan fingerprint density at radius 1 is 1.43 bits per heavy atom. The fourth-order valence-corrected chi connectivity index (χ4v) is 4.48. The molecule has 1 N–H and O–H groups in total. The zero-order valence-electron chi connectivity index (χ0n) is 11.2. The Labute approximate surface area is 133 Å². The highest BCUT2D eigenvalue weighted by Crippen LogP contribution is 2.23. The van der Waals surface area contributed by atoms with E-state index >= 15 is 0 Å². The van der Waals surface area contributed by atoms with Crippen LogP contribution in [0.15, 0.2) is 40.6 Å². The van der Waals surface area contributed by atoms with Gasteiger partial charge in [0, 0.05) is 10.9 Å². The molecule has 0 amide bonds. The summed E-state index contributed by atoms with van der Waals surface area (Å²) in [5.41, 5.74) is 0.255. The zero-order valence-corrected chi connectivity index (χ0v) is 13.6. The Kier molecular flexibility index (Phi) is 5.01. The summed E-state index contributed by atoms with van der Waals surface area (Å²) in [6, 6.07) is 9.70. The van der Waals surface area contributed by atoms with Crippen molar-refractivity contribution in [2.75, 3.05) is 0 Å². The summed E-state index contributed by atoms with van der Waals surface area (Å²) in [6.45, 7) is 1.79. The number of sulfonamides is 1. The molecule has 1 aromatic carbocycles. The van der Waals surface area contributed by atoms with Crippen molar-refractivity contribution >= 4 is 33.0 Å². The highest BCUT2D eigenvalue weighted by atomic mass is 35.5. The second-order valence-corrected chi connectivity index (χ2v) is 7.68. The molecule has 1 aromatic heterocycles. The van der Waals surface area contributed by atoms with E-state index in [1.807, 2.05) is 23.6 Å². The fraction of sp³-hybridized carbons (Fsp3) is 0.214. The minimum Gasteiger partial charge on any atom is -0.208 e. The maximum Gasteiger partial charge on any atom is 0.242 e. The van der Waals surface area contributed by atoms with E-state index in [1.54, 1.807) is 18.3 Å². The molecular weight excluding hydrogens is 328 g/mol. The first-order valence-electron chi connectivity index (χ1n) is 6.17. The lowest BCUT2D eigenvalue weighted by molar-refractivity contribution is 0.561. The average Bonchev–Trinajstić information content (AvgIpc) is 2.91. The number of hydrogen-bond acceptors (Lipinski definition) is 4. The molecular formula is C14H13ClN2O2S2. The standard InChI is InChI=1S/C14H13ClN2O2S2/c1-10(7-12-3-2-6-20-12)17-21(18,19)14-8-11(9-16)4-5-13(14)15/h2-6,8,10,17H,7H2,1H3. The van der Waals surface area contributed by atoms with Crippen LogP contribution >= 0.6 is 22.9 Å².